The van der Waals surface area contributed by atoms with Crippen molar-refractivity contribution in [3.05, 3.63) is 60.7 Å². The summed E-state index contributed by atoms with van der Waals surface area (Å²) in [6.45, 7) is 1.28. The first-order chi connectivity index (χ1) is 15.1. The van der Waals surface area contributed by atoms with E-state index in [0.29, 0.717) is 29.8 Å². The fourth-order valence-corrected chi connectivity index (χ4v) is 4.34. The molecule has 5 rings (SSSR count). The maximum absolute atomic E-state index is 13.9. The highest BCUT2D eigenvalue weighted by Gasteiger charge is 2.48. The van der Waals surface area contributed by atoms with Gasteiger partial charge in [-0.3, -0.25) is 4.90 Å². The molecule has 1 saturated carbocycles. The number of benzene rings is 1. The molecule has 1 spiro atoms. The van der Waals surface area contributed by atoms with Gasteiger partial charge in [-0.25, -0.2) is 13.9 Å². The van der Waals surface area contributed by atoms with Gasteiger partial charge < -0.3 is 10.1 Å². The molecule has 1 aliphatic carbocycles. The van der Waals surface area contributed by atoms with Crippen LogP contribution in [-0.2, 0) is 4.74 Å². The molecule has 1 aliphatic heterocycles. The molecule has 2 aromatic heterocycles. The van der Waals surface area contributed by atoms with Crippen molar-refractivity contribution in [2.75, 3.05) is 23.3 Å². The zero-order chi connectivity index (χ0) is 21.3. The van der Waals surface area contributed by atoms with Gasteiger partial charge in [0.15, 0.2) is 5.82 Å². The van der Waals surface area contributed by atoms with Crippen LogP contribution >= 0.6 is 0 Å². The Morgan fingerprint density at radius 2 is 2.00 bits per heavy atom. The van der Waals surface area contributed by atoms with Gasteiger partial charge >= 0.3 is 6.09 Å². The number of rotatable bonds is 5. The summed E-state index contributed by atoms with van der Waals surface area (Å²) in [7, 11) is 0. The lowest BCUT2D eigenvalue weighted by molar-refractivity contribution is 0.0148. The van der Waals surface area contributed by atoms with Crippen molar-refractivity contribution < 1.29 is 13.9 Å². The predicted octanol–water partition coefficient (Wildman–Crippen LogP) is 3.80. The number of nitrogens with zero attached hydrogens (tertiary/aromatic N) is 5. The highest BCUT2D eigenvalue weighted by atomic mass is 19.1. The number of aromatic nitrogens is 4. The van der Waals surface area contributed by atoms with Crippen LogP contribution in [0.1, 0.15) is 25.7 Å². The molecule has 31 heavy (non-hydrogen) atoms. The van der Waals surface area contributed by atoms with Crippen LogP contribution in [-0.4, -0.2) is 44.8 Å². The Hall–Kier alpha value is -3.49. The smallest absolute Gasteiger partial charge is 0.416 e. The Morgan fingerprint density at radius 1 is 1.16 bits per heavy atom. The zero-order valence-corrected chi connectivity index (χ0v) is 16.9. The van der Waals surface area contributed by atoms with E-state index in [2.05, 4.69) is 20.6 Å². The maximum Gasteiger partial charge on any atom is 0.416 e. The number of hydrogen-bond donors (Lipinski definition) is 1. The van der Waals surface area contributed by atoms with E-state index in [1.165, 1.54) is 10.7 Å². The van der Waals surface area contributed by atoms with Crippen molar-refractivity contribution in [3.8, 4) is 5.69 Å². The lowest BCUT2D eigenvalue weighted by Crippen LogP contribution is -2.39. The van der Waals surface area contributed by atoms with E-state index in [-0.39, 0.29) is 11.9 Å². The minimum absolute atomic E-state index is 0.309. The van der Waals surface area contributed by atoms with E-state index < -0.39 is 5.60 Å². The molecule has 1 N–H and O–H groups in total. The van der Waals surface area contributed by atoms with E-state index in [1.807, 2.05) is 6.07 Å². The summed E-state index contributed by atoms with van der Waals surface area (Å²) in [5.74, 6) is 1.38. The SMILES string of the molecule is O=C1O[C@]2(CC[C@H](CNc3ccn(-c4ccccc4F)n3)CC2)CN1c1cccnn1. The molecule has 9 heteroatoms. The molecule has 0 unspecified atom stereocenters. The Bertz CT molecular complexity index is 1060. The van der Waals surface area contributed by atoms with Gasteiger partial charge in [0.1, 0.15) is 22.9 Å². The Morgan fingerprint density at radius 3 is 2.77 bits per heavy atom. The molecule has 0 atom stereocenters. The van der Waals surface area contributed by atoms with Crippen molar-refractivity contribution in [3.63, 3.8) is 0 Å². The summed E-state index contributed by atoms with van der Waals surface area (Å²) in [6, 6.07) is 11.9. The second-order valence-electron chi connectivity index (χ2n) is 8.14. The average molecular weight is 422 g/mol. The summed E-state index contributed by atoms with van der Waals surface area (Å²) < 4.78 is 21.3. The van der Waals surface area contributed by atoms with Gasteiger partial charge in [-0.05, 0) is 55.9 Å². The summed E-state index contributed by atoms with van der Waals surface area (Å²) in [5.41, 5.74) is -0.0248. The van der Waals surface area contributed by atoms with Crippen molar-refractivity contribution in [1.82, 2.24) is 20.0 Å². The molecule has 0 radical (unpaired) electrons. The van der Waals surface area contributed by atoms with Crippen LogP contribution in [0.4, 0.5) is 20.8 Å². The minimum atomic E-state index is -0.447. The topological polar surface area (TPSA) is 85.2 Å². The summed E-state index contributed by atoms with van der Waals surface area (Å²) >= 11 is 0. The first-order valence-corrected chi connectivity index (χ1v) is 10.4. The number of carbonyl (C=O) groups excluding carboxylic acids is 1. The van der Waals surface area contributed by atoms with Crippen molar-refractivity contribution in [1.29, 1.82) is 0 Å². The van der Waals surface area contributed by atoms with Crippen molar-refractivity contribution in [2.45, 2.75) is 31.3 Å². The van der Waals surface area contributed by atoms with Crippen molar-refractivity contribution in [2.24, 2.45) is 5.92 Å². The third-order valence-electron chi connectivity index (χ3n) is 6.08. The van der Waals surface area contributed by atoms with Gasteiger partial charge in [0.05, 0.1) is 6.54 Å². The van der Waals surface area contributed by atoms with Gasteiger partial charge in [0.25, 0.3) is 0 Å². The van der Waals surface area contributed by atoms with Gasteiger partial charge in [-0.2, -0.15) is 10.2 Å². The molecule has 1 aromatic carbocycles. The molecule has 1 saturated heterocycles. The summed E-state index contributed by atoms with van der Waals surface area (Å²) in [5, 5.41) is 15.7. The van der Waals surface area contributed by atoms with Gasteiger partial charge in [-0.1, -0.05) is 12.1 Å². The molecule has 2 fully saturated rings. The van der Waals surface area contributed by atoms with Crippen LogP contribution in [0.5, 0.6) is 0 Å². The highest BCUT2D eigenvalue weighted by Crippen LogP contribution is 2.40. The number of nitrogens with one attached hydrogen (secondary N) is 1. The van der Waals surface area contributed by atoms with E-state index in [1.54, 1.807) is 47.6 Å². The normalized spacial score (nSPS) is 23.2. The number of para-hydroxylation sites is 1. The largest absolute Gasteiger partial charge is 0.441 e. The molecule has 2 aliphatic rings. The van der Waals surface area contributed by atoms with E-state index in [9.17, 15) is 9.18 Å². The lowest BCUT2D eigenvalue weighted by atomic mass is 9.78. The fraction of sp³-hybridized carbons (Fsp3) is 0.364. The monoisotopic (exact) mass is 422 g/mol. The van der Waals surface area contributed by atoms with E-state index in [4.69, 9.17) is 4.74 Å². The number of hydrogen-bond acceptors (Lipinski definition) is 6. The molecule has 3 heterocycles. The summed E-state index contributed by atoms with van der Waals surface area (Å²) in [6.07, 6.45) is 6.49. The number of halogens is 1. The Balaban J connectivity index is 1.15. The number of carbonyl (C=O) groups is 1. The number of anilines is 2. The van der Waals surface area contributed by atoms with Crippen molar-refractivity contribution >= 4 is 17.7 Å². The maximum atomic E-state index is 13.9. The minimum Gasteiger partial charge on any atom is -0.441 e. The van der Waals surface area contributed by atoms with Gasteiger partial charge in [-0.15, -0.1) is 5.10 Å². The van der Waals surface area contributed by atoms with Crippen LogP contribution in [0.15, 0.2) is 54.9 Å². The molecular formula is C22H23FN6O2. The highest BCUT2D eigenvalue weighted by molar-refractivity contribution is 5.89. The van der Waals surface area contributed by atoms with E-state index in [0.717, 1.165) is 32.2 Å². The van der Waals surface area contributed by atoms with E-state index >= 15 is 0 Å². The van der Waals surface area contributed by atoms with Crippen LogP contribution < -0.4 is 10.2 Å². The van der Waals surface area contributed by atoms with Crippen LogP contribution in [0, 0.1) is 11.7 Å². The first-order valence-electron chi connectivity index (χ1n) is 10.4. The lowest BCUT2D eigenvalue weighted by Gasteiger charge is -2.35. The second-order valence-corrected chi connectivity index (χ2v) is 8.14. The standard InChI is InChI=1S/C22H23FN6O2/c23-17-4-1-2-5-18(17)29-13-9-19(27-29)24-14-16-7-10-22(11-8-16)15-28(21(30)31-22)20-6-3-12-25-26-20/h1-6,9,12-13,16H,7-8,10-11,14-15H2,(H,24,27)/t16-,22-. The Kier molecular flexibility index (Phi) is 5.01. The average Bonchev–Trinajstić information content (AvgIpc) is 3.39. The molecule has 160 valence electrons. The second kappa shape index (κ2) is 7.98. The number of amides is 1. The molecule has 8 nitrogen and oxygen atoms in total. The fourth-order valence-electron chi connectivity index (χ4n) is 4.34. The molecule has 1 amide bonds. The first kappa shape index (κ1) is 19.5. The van der Waals surface area contributed by atoms with Gasteiger partial charge in [0.2, 0.25) is 0 Å². The quantitative estimate of drug-likeness (QED) is 0.673. The van der Waals surface area contributed by atoms with Crippen LogP contribution in [0.25, 0.3) is 5.69 Å². The number of ether oxygens (including phenoxy) is 1. The predicted molar refractivity (Wildman–Crippen MR) is 113 cm³/mol. The van der Waals surface area contributed by atoms with Crippen LogP contribution in [0.2, 0.25) is 0 Å². The summed E-state index contributed by atoms with van der Waals surface area (Å²) in [4.78, 5) is 13.9. The molecular weight excluding hydrogens is 399 g/mol. The zero-order valence-electron chi connectivity index (χ0n) is 16.9. The molecule has 3 aromatic rings. The molecule has 0 bridgehead atoms. The van der Waals surface area contributed by atoms with Crippen LogP contribution in [0.3, 0.4) is 0 Å². The van der Waals surface area contributed by atoms with Gasteiger partial charge in [0, 0.05) is 25.0 Å². The third kappa shape index (κ3) is 3.95. The Labute approximate surface area is 179 Å². The third-order valence-corrected chi connectivity index (χ3v) is 6.08.